The van der Waals surface area contributed by atoms with E-state index in [0.29, 0.717) is 24.3 Å². The van der Waals surface area contributed by atoms with Crippen LogP contribution in [0.5, 0.6) is 0 Å². The summed E-state index contributed by atoms with van der Waals surface area (Å²) in [5, 5.41) is 3.28. The Hall–Kier alpha value is -3.19. The third kappa shape index (κ3) is 5.67. The van der Waals surface area contributed by atoms with Gasteiger partial charge >= 0.3 is 5.97 Å². The number of anilines is 1. The number of aromatic nitrogens is 2. The number of nitrogens with one attached hydrogen (secondary N) is 1. The number of esters is 1. The van der Waals surface area contributed by atoms with Crippen molar-refractivity contribution < 1.29 is 14.3 Å². The predicted octanol–water partition coefficient (Wildman–Crippen LogP) is 4.83. The standard InChI is InChI=1S/C23H23N3O3S/c1-3-20(22(27)26-18-12-8-11-17(13-18)23(28)29-4-2)30-21-14-19(24-15-25-21)16-9-6-5-7-10-16/h5-15,20H,3-4H2,1-2H3,(H,26,27). The van der Waals surface area contributed by atoms with E-state index in [-0.39, 0.29) is 11.2 Å². The third-order valence-electron chi connectivity index (χ3n) is 4.28. The Kier molecular flexibility index (Phi) is 7.57. The molecule has 0 spiro atoms. The average molecular weight is 422 g/mol. The summed E-state index contributed by atoms with van der Waals surface area (Å²) in [6.07, 6.45) is 2.14. The number of thioether (sulfide) groups is 1. The highest BCUT2D eigenvalue weighted by atomic mass is 32.2. The van der Waals surface area contributed by atoms with Crippen LogP contribution in [0.4, 0.5) is 5.69 Å². The number of nitrogens with zero attached hydrogens (tertiary/aromatic N) is 2. The van der Waals surface area contributed by atoms with Crippen LogP contribution >= 0.6 is 11.8 Å². The van der Waals surface area contributed by atoms with Crippen LogP contribution in [0.2, 0.25) is 0 Å². The highest BCUT2D eigenvalue weighted by Gasteiger charge is 2.20. The lowest BCUT2D eigenvalue weighted by molar-refractivity contribution is -0.115. The summed E-state index contributed by atoms with van der Waals surface area (Å²) < 4.78 is 5.01. The SMILES string of the molecule is CCOC(=O)c1cccc(NC(=O)C(CC)Sc2cc(-c3ccccc3)ncn2)c1. The van der Waals surface area contributed by atoms with E-state index in [9.17, 15) is 9.59 Å². The van der Waals surface area contributed by atoms with E-state index >= 15 is 0 Å². The minimum atomic E-state index is -0.413. The van der Waals surface area contributed by atoms with E-state index in [2.05, 4.69) is 15.3 Å². The quantitative estimate of drug-likeness (QED) is 0.319. The first-order chi connectivity index (χ1) is 14.6. The van der Waals surface area contributed by atoms with Gasteiger partial charge in [-0.1, -0.05) is 55.1 Å². The molecule has 154 valence electrons. The van der Waals surface area contributed by atoms with E-state index < -0.39 is 5.97 Å². The van der Waals surface area contributed by atoms with Gasteiger partial charge in [0, 0.05) is 11.3 Å². The van der Waals surface area contributed by atoms with Gasteiger partial charge in [-0.25, -0.2) is 14.8 Å². The predicted molar refractivity (Wildman–Crippen MR) is 118 cm³/mol. The zero-order valence-corrected chi connectivity index (χ0v) is 17.7. The van der Waals surface area contributed by atoms with E-state index in [0.717, 1.165) is 16.3 Å². The van der Waals surface area contributed by atoms with Crippen LogP contribution in [-0.2, 0) is 9.53 Å². The topological polar surface area (TPSA) is 81.2 Å². The highest BCUT2D eigenvalue weighted by molar-refractivity contribution is 8.00. The minimum absolute atomic E-state index is 0.150. The van der Waals surface area contributed by atoms with E-state index in [4.69, 9.17) is 4.74 Å². The first-order valence-electron chi connectivity index (χ1n) is 9.73. The normalized spacial score (nSPS) is 11.5. The van der Waals surface area contributed by atoms with E-state index in [1.165, 1.54) is 18.1 Å². The van der Waals surface area contributed by atoms with Gasteiger partial charge in [-0.15, -0.1) is 0 Å². The Labute approximate surface area is 180 Å². The summed E-state index contributed by atoms with van der Waals surface area (Å²) in [4.78, 5) is 33.4. The Bertz CT molecular complexity index is 1010. The van der Waals surface area contributed by atoms with Gasteiger partial charge < -0.3 is 10.1 Å². The number of rotatable bonds is 8. The Morgan fingerprint density at radius 1 is 1.03 bits per heavy atom. The van der Waals surface area contributed by atoms with E-state index in [1.807, 2.05) is 43.3 Å². The fourth-order valence-corrected chi connectivity index (χ4v) is 3.71. The maximum absolute atomic E-state index is 12.8. The molecule has 6 nitrogen and oxygen atoms in total. The van der Waals surface area contributed by atoms with Crippen molar-refractivity contribution in [3.05, 3.63) is 72.6 Å². The van der Waals surface area contributed by atoms with Crippen LogP contribution in [0.3, 0.4) is 0 Å². The van der Waals surface area contributed by atoms with Crippen molar-refractivity contribution in [2.24, 2.45) is 0 Å². The lowest BCUT2D eigenvalue weighted by Crippen LogP contribution is -2.24. The second-order valence-corrected chi connectivity index (χ2v) is 7.64. The number of hydrogen-bond donors (Lipinski definition) is 1. The van der Waals surface area contributed by atoms with Crippen LogP contribution in [0, 0.1) is 0 Å². The molecule has 1 aromatic heterocycles. The highest BCUT2D eigenvalue weighted by Crippen LogP contribution is 2.27. The lowest BCUT2D eigenvalue weighted by atomic mass is 10.1. The number of amides is 1. The van der Waals surface area contributed by atoms with Crippen molar-refractivity contribution in [3.63, 3.8) is 0 Å². The average Bonchev–Trinajstić information content (AvgIpc) is 2.78. The van der Waals surface area contributed by atoms with Gasteiger partial charge in [-0.2, -0.15) is 0 Å². The molecule has 1 heterocycles. The molecule has 0 bridgehead atoms. The molecule has 2 aromatic carbocycles. The molecule has 30 heavy (non-hydrogen) atoms. The molecule has 0 aliphatic rings. The monoisotopic (exact) mass is 421 g/mol. The van der Waals surface area contributed by atoms with Crippen molar-refractivity contribution in [2.45, 2.75) is 30.5 Å². The molecule has 1 N–H and O–H groups in total. The minimum Gasteiger partial charge on any atom is -0.462 e. The number of ether oxygens (including phenoxy) is 1. The number of carbonyl (C=O) groups is 2. The summed E-state index contributed by atoms with van der Waals surface area (Å²) >= 11 is 1.39. The van der Waals surface area contributed by atoms with Gasteiger partial charge in [-0.05, 0) is 37.6 Å². The fourth-order valence-electron chi connectivity index (χ4n) is 2.80. The molecule has 0 fully saturated rings. The molecule has 1 amide bonds. The molecule has 1 unspecified atom stereocenters. The molecule has 7 heteroatoms. The summed E-state index contributed by atoms with van der Waals surface area (Å²) in [5.74, 6) is -0.562. The number of benzene rings is 2. The van der Waals surface area contributed by atoms with Crippen molar-refractivity contribution in [1.29, 1.82) is 0 Å². The zero-order valence-electron chi connectivity index (χ0n) is 16.9. The van der Waals surface area contributed by atoms with Crippen LogP contribution in [0.25, 0.3) is 11.3 Å². The van der Waals surface area contributed by atoms with Crippen molar-refractivity contribution in [1.82, 2.24) is 9.97 Å². The van der Waals surface area contributed by atoms with Gasteiger partial charge in [0.1, 0.15) is 11.4 Å². The van der Waals surface area contributed by atoms with Crippen molar-refractivity contribution >= 4 is 29.3 Å². The Morgan fingerprint density at radius 2 is 1.83 bits per heavy atom. The molecule has 1 atom stereocenters. The third-order valence-corrected chi connectivity index (χ3v) is 5.58. The number of hydrogen-bond acceptors (Lipinski definition) is 6. The van der Waals surface area contributed by atoms with Crippen molar-refractivity contribution in [3.8, 4) is 11.3 Å². The van der Waals surface area contributed by atoms with Crippen molar-refractivity contribution in [2.75, 3.05) is 11.9 Å². The zero-order chi connectivity index (χ0) is 21.3. The Balaban J connectivity index is 1.70. The molecule has 0 aliphatic carbocycles. The van der Waals surface area contributed by atoms with Gasteiger partial charge in [0.15, 0.2) is 0 Å². The maximum atomic E-state index is 12.8. The summed E-state index contributed by atoms with van der Waals surface area (Å²) in [6.45, 7) is 4.00. The smallest absolute Gasteiger partial charge is 0.338 e. The Morgan fingerprint density at radius 3 is 2.57 bits per heavy atom. The van der Waals surface area contributed by atoms with Crippen LogP contribution in [0.1, 0.15) is 30.6 Å². The van der Waals surface area contributed by atoms with Gasteiger partial charge in [0.2, 0.25) is 5.91 Å². The first-order valence-corrected chi connectivity index (χ1v) is 10.6. The summed E-state index contributed by atoms with van der Waals surface area (Å²) in [7, 11) is 0. The largest absolute Gasteiger partial charge is 0.462 e. The molecule has 3 rings (SSSR count). The fraction of sp³-hybridized carbons (Fsp3) is 0.217. The second-order valence-electron chi connectivity index (χ2n) is 6.41. The number of carbonyl (C=O) groups excluding carboxylic acids is 2. The summed E-state index contributed by atoms with van der Waals surface area (Å²) in [5.41, 5.74) is 2.76. The van der Waals surface area contributed by atoms with Crippen LogP contribution < -0.4 is 5.32 Å². The first kappa shape index (κ1) is 21.5. The van der Waals surface area contributed by atoms with Gasteiger partial charge in [-0.3, -0.25) is 4.79 Å². The van der Waals surface area contributed by atoms with Gasteiger partial charge in [0.25, 0.3) is 0 Å². The molecule has 0 saturated heterocycles. The van der Waals surface area contributed by atoms with E-state index in [1.54, 1.807) is 31.2 Å². The van der Waals surface area contributed by atoms with Gasteiger partial charge in [0.05, 0.1) is 23.1 Å². The molecular formula is C23H23N3O3S. The molecular weight excluding hydrogens is 398 g/mol. The van der Waals surface area contributed by atoms with Crippen LogP contribution in [-0.4, -0.2) is 33.7 Å². The second kappa shape index (κ2) is 10.5. The molecule has 0 saturated carbocycles. The molecule has 3 aromatic rings. The molecule has 0 aliphatic heterocycles. The summed E-state index contributed by atoms with van der Waals surface area (Å²) in [6, 6.07) is 18.5. The van der Waals surface area contributed by atoms with Crippen LogP contribution in [0.15, 0.2) is 72.0 Å². The lowest BCUT2D eigenvalue weighted by Gasteiger charge is -2.15. The maximum Gasteiger partial charge on any atom is 0.338 e. The molecule has 0 radical (unpaired) electrons.